The van der Waals surface area contributed by atoms with Crippen molar-refractivity contribution in [3.8, 4) is 0 Å². The van der Waals surface area contributed by atoms with Gasteiger partial charge in [-0.2, -0.15) is 13.2 Å². The summed E-state index contributed by atoms with van der Waals surface area (Å²) in [5, 5.41) is 13.8. The lowest BCUT2D eigenvalue weighted by molar-refractivity contribution is -0.167. The molecule has 1 rings (SSSR count). The molecule has 0 aromatic heterocycles. The van der Waals surface area contributed by atoms with Crippen LogP contribution in [0.4, 0.5) is 13.2 Å². The van der Waals surface area contributed by atoms with Crippen molar-refractivity contribution in [3.63, 3.8) is 0 Å². The molecule has 1 amide bonds. The van der Waals surface area contributed by atoms with Crippen LogP contribution in [0.25, 0.3) is 0 Å². The van der Waals surface area contributed by atoms with Gasteiger partial charge in [0.2, 0.25) is 5.91 Å². The Hall–Kier alpha value is -0.860. The number of halogens is 3. The lowest BCUT2D eigenvalue weighted by atomic mass is 9.78. The van der Waals surface area contributed by atoms with Crippen molar-refractivity contribution >= 4 is 5.91 Å². The van der Waals surface area contributed by atoms with Crippen molar-refractivity contribution < 1.29 is 27.8 Å². The van der Waals surface area contributed by atoms with E-state index in [1.807, 2.05) is 0 Å². The normalized spacial score (nSPS) is 23.4. The molecule has 8 heteroatoms. The molecule has 2 atom stereocenters. The summed E-state index contributed by atoms with van der Waals surface area (Å²) in [6.45, 7) is 3.91. The highest BCUT2D eigenvalue weighted by atomic mass is 19.4. The quantitative estimate of drug-likeness (QED) is 0.615. The molecule has 1 aliphatic rings. The molecule has 1 fully saturated rings. The third-order valence-corrected chi connectivity index (χ3v) is 4.01. The van der Waals surface area contributed by atoms with E-state index in [-0.39, 0.29) is 38.7 Å². The minimum Gasteiger partial charge on any atom is -0.394 e. The Bertz CT molecular complexity index is 362. The first-order valence-electron chi connectivity index (χ1n) is 7.49. The number of nitrogens with one attached hydrogen (secondary N) is 2. The molecule has 1 heterocycles. The highest BCUT2D eigenvalue weighted by Crippen LogP contribution is 2.33. The van der Waals surface area contributed by atoms with Crippen LogP contribution >= 0.6 is 0 Å². The molecule has 22 heavy (non-hydrogen) atoms. The fourth-order valence-corrected chi connectivity index (χ4v) is 2.55. The number of rotatable bonds is 7. The molecule has 0 bridgehead atoms. The zero-order valence-electron chi connectivity index (χ0n) is 13.0. The predicted octanol–water partition coefficient (Wildman–Crippen LogP) is 1.21. The molecule has 130 valence electrons. The van der Waals surface area contributed by atoms with Gasteiger partial charge in [-0.1, -0.05) is 0 Å². The van der Waals surface area contributed by atoms with Crippen LogP contribution in [0.5, 0.6) is 0 Å². The average Bonchev–Trinajstić information content (AvgIpc) is 2.46. The Morgan fingerprint density at radius 3 is 2.50 bits per heavy atom. The van der Waals surface area contributed by atoms with Gasteiger partial charge in [0.1, 0.15) is 6.04 Å². The fraction of sp³-hybridized carbons (Fsp3) is 0.929. The molecule has 1 aliphatic heterocycles. The second-order valence-electron chi connectivity index (χ2n) is 6.06. The summed E-state index contributed by atoms with van der Waals surface area (Å²) in [6, 6.07) is -2.07. The van der Waals surface area contributed by atoms with E-state index in [4.69, 9.17) is 9.84 Å². The summed E-state index contributed by atoms with van der Waals surface area (Å²) >= 11 is 0. The first kappa shape index (κ1) is 19.2. The van der Waals surface area contributed by atoms with Gasteiger partial charge < -0.3 is 20.5 Å². The van der Waals surface area contributed by atoms with Gasteiger partial charge in [-0.15, -0.1) is 0 Å². The largest absolute Gasteiger partial charge is 0.403 e. The average molecular weight is 326 g/mol. The maximum Gasteiger partial charge on any atom is 0.403 e. The first-order valence-corrected chi connectivity index (χ1v) is 7.49. The van der Waals surface area contributed by atoms with Crippen molar-refractivity contribution in [1.82, 2.24) is 10.6 Å². The number of aliphatic hydroxyl groups excluding tert-OH is 1. The van der Waals surface area contributed by atoms with Gasteiger partial charge in [0.05, 0.1) is 25.2 Å². The van der Waals surface area contributed by atoms with E-state index >= 15 is 0 Å². The van der Waals surface area contributed by atoms with Crippen molar-refractivity contribution in [2.45, 2.75) is 51.4 Å². The third-order valence-electron chi connectivity index (χ3n) is 4.01. The maximum absolute atomic E-state index is 12.8. The van der Waals surface area contributed by atoms with E-state index in [1.165, 1.54) is 0 Å². The van der Waals surface area contributed by atoms with Crippen LogP contribution in [0.2, 0.25) is 0 Å². The van der Waals surface area contributed by atoms with Crippen LogP contribution in [0, 0.1) is 5.41 Å². The SMILES string of the molecule is CC(C)(C(=O)NCCOCCO)[C@@H]1CCC[C@H](C(F)(F)F)N1. The summed E-state index contributed by atoms with van der Waals surface area (Å²) in [5.74, 6) is -0.305. The molecule has 5 nitrogen and oxygen atoms in total. The van der Waals surface area contributed by atoms with Crippen LogP contribution in [0.1, 0.15) is 33.1 Å². The molecule has 3 N–H and O–H groups in total. The van der Waals surface area contributed by atoms with Crippen molar-refractivity contribution in [1.29, 1.82) is 0 Å². The van der Waals surface area contributed by atoms with Crippen LogP contribution in [-0.2, 0) is 9.53 Å². The zero-order chi connectivity index (χ0) is 16.8. The van der Waals surface area contributed by atoms with Gasteiger partial charge in [0.15, 0.2) is 0 Å². The number of aliphatic hydroxyl groups is 1. The summed E-state index contributed by atoms with van der Waals surface area (Å²) in [5.41, 5.74) is -0.944. The topological polar surface area (TPSA) is 70.6 Å². The molecule has 0 aromatic carbocycles. The predicted molar refractivity (Wildman–Crippen MR) is 75.3 cm³/mol. The molecule has 0 saturated carbocycles. The Balaban J connectivity index is 2.51. The Kier molecular flexibility index (Phi) is 7.08. The number of carbonyl (C=O) groups is 1. The number of ether oxygens (including phenoxy) is 1. The van der Waals surface area contributed by atoms with Gasteiger partial charge >= 0.3 is 6.18 Å². The van der Waals surface area contributed by atoms with E-state index in [0.29, 0.717) is 12.8 Å². The van der Waals surface area contributed by atoms with E-state index in [1.54, 1.807) is 13.8 Å². The smallest absolute Gasteiger partial charge is 0.394 e. The van der Waals surface area contributed by atoms with Gasteiger partial charge in [0.25, 0.3) is 0 Å². The summed E-state index contributed by atoms with van der Waals surface area (Å²) in [6.07, 6.45) is -3.26. The lowest BCUT2D eigenvalue weighted by Gasteiger charge is -2.40. The molecule has 0 spiro atoms. The van der Waals surface area contributed by atoms with E-state index in [2.05, 4.69) is 10.6 Å². The highest BCUT2D eigenvalue weighted by Gasteiger charge is 2.46. The Morgan fingerprint density at radius 1 is 1.27 bits per heavy atom. The van der Waals surface area contributed by atoms with Crippen molar-refractivity contribution in [2.75, 3.05) is 26.4 Å². The summed E-state index contributed by atoms with van der Waals surface area (Å²) in [7, 11) is 0. The lowest BCUT2D eigenvalue weighted by Crippen LogP contribution is -2.59. The van der Waals surface area contributed by atoms with Crippen molar-refractivity contribution in [2.24, 2.45) is 5.41 Å². The summed E-state index contributed by atoms with van der Waals surface area (Å²) < 4.78 is 43.5. The van der Waals surface area contributed by atoms with Crippen molar-refractivity contribution in [3.05, 3.63) is 0 Å². The van der Waals surface area contributed by atoms with Gasteiger partial charge in [-0.05, 0) is 33.1 Å². The number of hydrogen-bond donors (Lipinski definition) is 3. The van der Waals surface area contributed by atoms with E-state index < -0.39 is 23.7 Å². The van der Waals surface area contributed by atoms with Gasteiger partial charge in [0, 0.05) is 12.6 Å². The Labute approximate surface area is 128 Å². The number of hydrogen-bond acceptors (Lipinski definition) is 4. The Morgan fingerprint density at radius 2 is 1.91 bits per heavy atom. The van der Waals surface area contributed by atoms with Gasteiger partial charge in [-0.25, -0.2) is 0 Å². The molecule has 0 aromatic rings. The second kappa shape index (κ2) is 8.12. The fourth-order valence-electron chi connectivity index (χ4n) is 2.55. The maximum atomic E-state index is 12.8. The van der Waals surface area contributed by atoms with Crippen LogP contribution in [0.15, 0.2) is 0 Å². The number of piperidine rings is 1. The van der Waals surface area contributed by atoms with Crippen LogP contribution in [0.3, 0.4) is 0 Å². The zero-order valence-corrected chi connectivity index (χ0v) is 13.0. The molecule has 1 saturated heterocycles. The van der Waals surface area contributed by atoms with Crippen LogP contribution in [-0.4, -0.2) is 55.6 Å². The molecular weight excluding hydrogens is 301 g/mol. The highest BCUT2D eigenvalue weighted by molar-refractivity contribution is 5.82. The standard InChI is InChI=1S/C14H25F3N2O3/c1-13(2,12(21)18-6-8-22-9-7-20)10-4-3-5-11(19-10)14(15,16)17/h10-11,19-20H,3-9H2,1-2H3,(H,18,21)/t10-,11+/m0/s1. The minimum absolute atomic E-state index is 0.0483. The third kappa shape index (κ3) is 5.40. The number of carbonyl (C=O) groups excluding carboxylic acids is 1. The van der Waals surface area contributed by atoms with Gasteiger partial charge in [-0.3, -0.25) is 4.79 Å². The monoisotopic (exact) mass is 326 g/mol. The number of alkyl halides is 3. The molecule has 0 radical (unpaired) electrons. The van der Waals surface area contributed by atoms with E-state index in [0.717, 1.165) is 0 Å². The second-order valence-corrected chi connectivity index (χ2v) is 6.06. The minimum atomic E-state index is -4.29. The summed E-state index contributed by atoms with van der Waals surface area (Å²) in [4.78, 5) is 12.2. The van der Waals surface area contributed by atoms with Crippen LogP contribution < -0.4 is 10.6 Å². The number of amides is 1. The molecule has 0 unspecified atom stereocenters. The first-order chi connectivity index (χ1) is 10.2. The molecular formula is C14H25F3N2O3. The van der Waals surface area contributed by atoms with E-state index in [9.17, 15) is 18.0 Å². The molecule has 0 aliphatic carbocycles.